The van der Waals surface area contributed by atoms with Crippen molar-refractivity contribution in [2.75, 3.05) is 64.0 Å². The summed E-state index contributed by atoms with van der Waals surface area (Å²) >= 11 is 1.41. The second-order valence-corrected chi connectivity index (χ2v) is 10.5. The molecule has 3 heterocycles. The quantitative estimate of drug-likeness (QED) is 0.386. The smallest absolute Gasteiger partial charge is 0.294 e. The largest absolute Gasteiger partial charge is 0.469 e. The summed E-state index contributed by atoms with van der Waals surface area (Å²) in [6, 6.07) is 4.17. The minimum atomic E-state index is -3.81. The first-order valence-electron chi connectivity index (χ1n) is 10.7. The summed E-state index contributed by atoms with van der Waals surface area (Å²) in [5.74, 6) is 0. The van der Waals surface area contributed by atoms with Crippen molar-refractivity contribution in [3.63, 3.8) is 0 Å². The van der Waals surface area contributed by atoms with Gasteiger partial charge in [-0.2, -0.15) is 4.31 Å². The van der Waals surface area contributed by atoms with Crippen LogP contribution in [-0.2, 0) is 21.3 Å². The van der Waals surface area contributed by atoms with Crippen molar-refractivity contribution in [3.05, 3.63) is 33.3 Å². The van der Waals surface area contributed by atoms with E-state index in [9.17, 15) is 18.5 Å². The molecule has 4 rings (SSSR count). The third-order valence-electron chi connectivity index (χ3n) is 5.54. The third kappa shape index (κ3) is 5.41. The van der Waals surface area contributed by atoms with Crippen LogP contribution in [0.25, 0.3) is 0 Å². The molecule has 12 nitrogen and oxygen atoms in total. The average Bonchev–Trinajstić information content (AvgIpc) is 3.27. The van der Waals surface area contributed by atoms with Gasteiger partial charge in [0, 0.05) is 45.3 Å². The molecule has 2 aliphatic rings. The van der Waals surface area contributed by atoms with Gasteiger partial charge in [0.05, 0.1) is 36.2 Å². The summed E-state index contributed by atoms with van der Waals surface area (Å²) in [6.45, 7) is 6.70. The highest BCUT2D eigenvalue weighted by atomic mass is 32.2. The van der Waals surface area contributed by atoms with Crippen LogP contribution in [0.15, 0.2) is 23.1 Å². The molecular weight excluding hydrogens is 472 g/mol. The van der Waals surface area contributed by atoms with Gasteiger partial charge in [0.15, 0.2) is 0 Å². The third-order valence-corrected chi connectivity index (χ3v) is 8.25. The average molecular weight is 499 g/mol. The molecule has 0 bridgehead atoms. The van der Waals surface area contributed by atoms with E-state index in [1.54, 1.807) is 6.07 Å². The van der Waals surface area contributed by atoms with Crippen molar-refractivity contribution in [2.45, 2.75) is 18.4 Å². The number of anilines is 1. The second-order valence-electron chi connectivity index (χ2n) is 7.58. The van der Waals surface area contributed by atoms with Crippen LogP contribution in [0.3, 0.4) is 0 Å². The maximum absolute atomic E-state index is 12.9. The SMILES string of the molecule is CCOc1nnc(CN2CCN(c3ccc(S(=O)(=O)N4CCOCC4)cc3[N+](=O)[O-])CC2)s1. The molecule has 0 unspecified atom stereocenters. The highest BCUT2D eigenvalue weighted by Crippen LogP contribution is 2.33. The fraction of sp³-hybridized carbons (Fsp3) is 0.579. The normalized spacial score (nSPS) is 18.4. The van der Waals surface area contributed by atoms with E-state index in [1.807, 2.05) is 11.8 Å². The molecule has 1 aromatic carbocycles. The lowest BCUT2D eigenvalue weighted by atomic mass is 10.2. The maximum Gasteiger partial charge on any atom is 0.294 e. The van der Waals surface area contributed by atoms with Crippen molar-refractivity contribution in [1.29, 1.82) is 0 Å². The standard InChI is InChI=1S/C19H26N6O6S2/c1-2-31-19-21-20-18(32-19)14-22-5-7-23(8-6-22)16-4-3-15(13-17(16)25(26)27)33(28,29)24-9-11-30-12-10-24/h3-4,13H,2,5-12,14H2,1H3. The van der Waals surface area contributed by atoms with Gasteiger partial charge in [-0.1, -0.05) is 11.3 Å². The molecule has 2 saturated heterocycles. The number of piperazine rings is 1. The molecule has 0 atom stereocenters. The summed E-state index contributed by atoms with van der Waals surface area (Å²) in [6.07, 6.45) is 0. The number of nitro benzene ring substituents is 1. The molecule has 2 aliphatic heterocycles. The predicted octanol–water partition coefficient (Wildman–Crippen LogP) is 1.19. The van der Waals surface area contributed by atoms with Crippen LogP contribution < -0.4 is 9.64 Å². The minimum absolute atomic E-state index is 0.0696. The Morgan fingerprint density at radius 2 is 1.88 bits per heavy atom. The number of hydrogen-bond donors (Lipinski definition) is 0. The van der Waals surface area contributed by atoms with Gasteiger partial charge in [0.25, 0.3) is 10.9 Å². The zero-order chi connectivity index (χ0) is 23.4. The fourth-order valence-corrected chi connectivity index (χ4v) is 6.05. The Kier molecular flexibility index (Phi) is 7.38. The Balaban J connectivity index is 1.45. The Morgan fingerprint density at radius 1 is 1.15 bits per heavy atom. The molecular formula is C19H26N6O6S2. The van der Waals surface area contributed by atoms with E-state index in [0.29, 0.717) is 63.4 Å². The van der Waals surface area contributed by atoms with Gasteiger partial charge < -0.3 is 14.4 Å². The lowest BCUT2D eigenvalue weighted by molar-refractivity contribution is -0.384. The number of aromatic nitrogens is 2. The van der Waals surface area contributed by atoms with Gasteiger partial charge in [0.1, 0.15) is 10.7 Å². The minimum Gasteiger partial charge on any atom is -0.469 e. The van der Waals surface area contributed by atoms with Crippen molar-refractivity contribution in [2.24, 2.45) is 0 Å². The van der Waals surface area contributed by atoms with Gasteiger partial charge in [-0.05, 0) is 19.1 Å². The molecule has 14 heteroatoms. The summed E-state index contributed by atoms with van der Waals surface area (Å²) in [5.41, 5.74) is 0.221. The van der Waals surface area contributed by atoms with E-state index in [2.05, 4.69) is 15.1 Å². The van der Waals surface area contributed by atoms with Crippen LogP contribution in [0, 0.1) is 10.1 Å². The number of nitrogens with zero attached hydrogens (tertiary/aromatic N) is 6. The van der Waals surface area contributed by atoms with Crippen molar-refractivity contribution >= 4 is 32.7 Å². The Labute approximate surface area is 195 Å². The van der Waals surface area contributed by atoms with Crippen molar-refractivity contribution in [1.82, 2.24) is 19.4 Å². The number of hydrogen-bond acceptors (Lipinski definition) is 11. The van der Waals surface area contributed by atoms with Crippen molar-refractivity contribution < 1.29 is 22.8 Å². The number of ether oxygens (including phenoxy) is 2. The number of benzene rings is 1. The van der Waals surface area contributed by atoms with Crippen LogP contribution in [0.2, 0.25) is 0 Å². The maximum atomic E-state index is 12.9. The van der Waals surface area contributed by atoms with Crippen LogP contribution in [0.5, 0.6) is 5.19 Å². The van der Waals surface area contributed by atoms with Gasteiger partial charge >= 0.3 is 0 Å². The molecule has 0 aliphatic carbocycles. The van der Waals surface area contributed by atoms with E-state index >= 15 is 0 Å². The number of sulfonamides is 1. The van der Waals surface area contributed by atoms with E-state index in [4.69, 9.17) is 9.47 Å². The number of nitro groups is 1. The highest BCUT2D eigenvalue weighted by Gasteiger charge is 2.31. The molecule has 1 aromatic heterocycles. The topological polar surface area (TPSA) is 131 Å². The van der Waals surface area contributed by atoms with Gasteiger partial charge in [-0.15, -0.1) is 10.2 Å². The van der Waals surface area contributed by atoms with Crippen LogP contribution in [-0.4, -0.2) is 91.8 Å². The number of morpholine rings is 1. The highest BCUT2D eigenvalue weighted by molar-refractivity contribution is 7.89. The van der Waals surface area contributed by atoms with E-state index in [1.165, 1.54) is 27.8 Å². The van der Waals surface area contributed by atoms with E-state index in [-0.39, 0.29) is 23.7 Å². The van der Waals surface area contributed by atoms with E-state index in [0.717, 1.165) is 5.01 Å². The second kappa shape index (κ2) is 10.3. The summed E-state index contributed by atoms with van der Waals surface area (Å²) in [4.78, 5) is 15.3. The Morgan fingerprint density at radius 3 is 2.55 bits per heavy atom. The molecule has 0 spiro atoms. The zero-order valence-corrected chi connectivity index (χ0v) is 19.9. The first kappa shape index (κ1) is 23.8. The van der Waals surface area contributed by atoms with Gasteiger partial charge in [-0.25, -0.2) is 8.42 Å². The molecule has 0 radical (unpaired) electrons. The van der Waals surface area contributed by atoms with Crippen molar-refractivity contribution in [3.8, 4) is 5.19 Å². The molecule has 2 aromatic rings. The predicted molar refractivity (Wildman–Crippen MR) is 121 cm³/mol. The van der Waals surface area contributed by atoms with E-state index < -0.39 is 14.9 Å². The molecule has 180 valence electrons. The monoisotopic (exact) mass is 498 g/mol. The summed E-state index contributed by atoms with van der Waals surface area (Å²) < 4.78 is 37.7. The van der Waals surface area contributed by atoms with Gasteiger partial charge in [-0.3, -0.25) is 15.0 Å². The van der Waals surface area contributed by atoms with Crippen LogP contribution in [0.1, 0.15) is 11.9 Å². The fourth-order valence-electron chi connectivity index (χ4n) is 3.84. The molecule has 33 heavy (non-hydrogen) atoms. The Bertz CT molecular complexity index is 1080. The lowest BCUT2D eigenvalue weighted by Gasteiger charge is -2.35. The molecule has 0 N–H and O–H groups in total. The Hall–Kier alpha value is -2.39. The zero-order valence-electron chi connectivity index (χ0n) is 18.3. The lowest BCUT2D eigenvalue weighted by Crippen LogP contribution is -2.46. The first-order valence-corrected chi connectivity index (χ1v) is 12.9. The van der Waals surface area contributed by atoms with Gasteiger partial charge in [0.2, 0.25) is 10.0 Å². The summed E-state index contributed by atoms with van der Waals surface area (Å²) in [5, 5.41) is 21.3. The van der Waals surface area contributed by atoms with Crippen LogP contribution in [0.4, 0.5) is 11.4 Å². The van der Waals surface area contributed by atoms with Crippen LogP contribution >= 0.6 is 11.3 Å². The molecule has 2 fully saturated rings. The molecule has 0 saturated carbocycles. The first-order chi connectivity index (χ1) is 15.9. The number of rotatable bonds is 8. The summed E-state index contributed by atoms with van der Waals surface area (Å²) in [7, 11) is -3.81. The molecule has 0 amide bonds.